The third-order valence-electron chi connectivity index (χ3n) is 5.13. The summed E-state index contributed by atoms with van der Waals surface area (Å²) in [5.41, 5.74) is 0.267. The highest BCUT2D eigenvalue weighted by Gasteiger charge is 2.40. The molecule has 0 radical (unpaired) electrons. The van der Waals surface area contributed by atoms with Gasteiger partial charge in [-0.25, -0.2) is 0 Å². The first-order chi connectivity index (χ1) is 8.68. The molecule has 0 unspecified atom stereocenters. The molecule has 1 aliphatic heterocycles. The van der Waals surface area contributed by atoms with Crippen LogP contribution >= 0.6 is 0 Å². The normalized spacial score (nSPS) is 41.8. The van der Waals surface area contributed by atoms with Crippen LogP contribution in [0.1, 0.15) is 65.7 Å². The zero-order valence-electron chi connectivity index (χ0n) is 12.4. The minimum atomic E-state index is 0.0649. The molecule has 18 heavy (non-hydrogen) atoms. The molecule has 2 rings (SSSR count). The lowest BCUT2D eigenvalue weighted by atomic mass is 9.68. The Labute approximate surface area is 112 Å². The maximum absolute atomic E-state index is 5.92. The van der Waals surface area contributed by atoms with Gasteiger partial charge < -0.3 is 9.47 Å². The van der Waals surface area contributed by atoms with E-state index >= 15 is 0 Å². The molecule has 0 amide bonds. The van der Waals surface area contributed by atoms with Crippen LogP contribution in [0.2, 0.25) is 0 Å². The Kier molecular flexibility index (Phi) is 5.08. The van der Waals surface area contributed by atoms with Gasteiger partial charge >= 0.3 is 0 Å². The molecular formula is C16H30O2. The average Bonchev–Trinajstić information content (AvgIpc) is 2.42. The lowest BCUT2D eigenvalue weighted by Crippen LogP contribution is -2.45. The van der Waals surface area contributed by atoms with Crippen molar-refractivity contribution < 1.29 is 9.47 Å². The van der Waals surface area contributed by atoms with Gasteiger partial charge in [-0.15, -0.1) is 0 Å². The first-order valence-corrected chi connectivity index (χ1v) is 7.91. The molecule has 2 heteroatoms. The van der Waals surface area contributed by atoms with Gasteiger partial charge in [-0.3, -0.25) is 0 Å². The smallest absolute Gasteiger partial charge is 0.157 e. The van der Waals surface area contributed by atoms with E-state index in [9.17, 15) is 0 Å². The fourth-order valence-corrected chi connectivity index (χ4v) is 3.56. The number of rotatable bonds is 4. The molecule has 0 bridgehead atoms. The largest absolute Gasteiger partial charge is 0.352 e. The average molecular weight is 254 g/mol. The molecule has 0 aromatic rings. The standard InChI is InChI=1S/C16H30O2/c1-4-6-15-17-11-16(3,12-18-15)14-9-7-13(5-2)8-10-14/h13-15H,4-12H2,1-3H3/t13?,14?,15-,16+. The van der Waals surface area contributed by atoms with E-state index in [0.29, 0.717) is 0 Å². The van der Waals surface area contributed by atoms with Crippen LogP contribution in [0.15, 0.2) is 0 Å². The summed E-state index contributed by atoms with van der Waals surface area (Å²) in [7, 11) is 0. The summed E-state index contributed by atoms with van der Waals surface area (Å²) in [6.45, 7) is 8.69. The molecule has 0 N–H and O–H groups in total. The molecule has 1 aliphatic carbocycles. The van der Waals surface area contributed by atoms with Gasteiger partial charge in [-0.2, -0.15) is 0 Å². The van der Waals surface area contributed by atoms with Crippen molar-refractivity contribution in [3.05, 3.63) is 0 Å². The quantitative estimate of drug-likeness (QED) is 0.741. The molecule has 0 aromatic heterocycles. The van der Waals surface area contributed by atoms with Crippen molar-refractivity contribution in [1.29, 1.82) is 0 Å². The minimum Gasteiger partial charge on any atom is -0.352 e. The number of ether oxygens (including phenoxy) is 2. The first-order valence-electron chi connectivity index (χ1n) is 7.91. The molecule has 0 spiro atoms. The molecule has 0 atom stereocenters. The highest BCUT2D eigenvalue weighted by molar-refractivity contribution is 4.87. The van der Waals surface area contributed by atoms with Crippen molar-refractivity contribution in [2.24, 2.45) is 17.3 Å². The van der Waals surface area contributed by atoms with Crippen LogP contribution in [0.3, 0.4) is 0 Å². The highest BCUT2D eigenvalue weighted by atomic mass is 16.7. The van der Waals surface area contributed by atoms with Crippen molar-refractivity contribution in [2.45, 2.75) is 72.0 Å². The van der Waals surface area contributed by atoms with Crippen LogP contribution in [0.25, 0.3) is 0 Å². The summed E-state index contributed by atoms with van der Waals surface area (Å²) in [5.74, 6) is 1.78. The first kappa shape index (κ1) is 14.3. The fourth-order valence-electron chi connectivity index (χ4n) is 3.56. The van der Waals surface area contributed by atoms with Crippen LogP contribution in [-0.4, -0.2) is 19.5 Å². The van der Waals surface area contributed by atoms with Crippen LogP contribution in [-0.2, 0) is 9.47 Å². The number of hydrogen-bond acceptors (Lipinski definition) is 2. The van der Waals surface area contributed by atoms with E-state index in [2.05, 4.69) is 20.8 Å². The van der Waals surface area contributed by atoms with E-state index in [1.165, 1.54) is 32.1 Å². The van der Waals surface area contributed by atoms with E-state index in [1.54, 1.807) is 0 Å². The summed E-state index contributed by atoms with van der Waals surface area (Å²) in [4.78, 5) is 0. The Hall–Kier alpha value is -0.0800. The predicted molar refractivity (Wildman–Crippen MR) is 74.4 cm³/mol. The minimum absolute atomic E-state index is 0.0649. The van der Waals surface area contributed by atoms with Gasteiger partial charge in [0.1, 0.15) is 0 Å². The van der Waals surface area contributed by atoms with E-state index in [1.807, 2.05) is 0 Å². The van der Waals surface area contributed by atoms with E-state index < -0.39 is 0 Å². The van der Waals surface area contributed by atoms with Gasteiger partial charge in [-0.05, 0) is 31.1 Å². The summed E-state index contributed by atoms with van der Waals surface area (Å²) in [6, 6.07) is 0. The SMILES string of the molecule is CCC[C@H]1OC[C@@](C)(C2CCC(CC)CC2)CO1. The molecule has 2 aliphatic rings. The van der Waals surface area contributed by atoms with Crippen molar-refractivity contribution in [1.82, 2.24) is 0 Å². The maximum atomic E-state index is 5.92. The van der Waals surface area contributed by atoms with Crippen molar-refractivity contribution in [3.8, 4) is 0 Å². The van der Waals surface area contributed by atoms with E-state index in [-0.39, 0.29) is 11.7 Å². The van der Waals surface area contributed by atoms with Gasteiger partial charge in [0.15, 0.2) is 6.29 Å². The summed E-state index contributed by atoms with van der Waals surface area (Å²) < 4.78 is 11.8. The zero-order chi connectivity index (χ0) is 13.0. The monoisotopic (exact) mass is 254 g/mol. The van der Waals surface area contributed by atoms with Crippen LogP contribution in [0.4, 0.5) is 0 Å². The summed E-state index contributed by atoms with van der Waals surface area (Å²) in [5, 5.41) is 0. The van der Waals surface area contributed by atoms with E-state index in [0.717, 1.165) is 37.9 Å². The zero-order valence-corrected chi connectivity index (χ0v) is 12.4. The second-order valence-corrected chi connectivity index (χ2v) is 6.62. The Bertz CT molecular complexity index is 235. The molecular weight excluding hydrogens is 224 g/mol. The maximum Gasteiger partial charge on any atom is 0.157 e. The molecule has 1 saturated heterocycles. The molecule has 1 saturated carbocycles. The van der Waals surface area contributed by atoms with Gasteiger partial charge in [0, 0.05) is 5.41 Å². The number of hydrogen-bond donors (Lipinski definition) is 0. The van der Waals surface area contributed by atoms with Crippen molar-refractivity contribution in [2.75, 3.05) is 13.2 Å². The lowest BCUT2D eigenvalue weighted by molar-refractivity contribution is -0.241. The summed E-state index contributed by atoms with van der Waals surface area (Å²) in [6.07, 6.45) is 9.18. The van der Waals surface area contributed by atoms with Crippen LogP contribution < -0.4 is 0 Å². The Morgan fingerprint density at radius 3 is 2.11 bits per heavy atom. The third kappa shape index (κ3) is 3.27. The summed E-state index contributed by atoms with van der Waals surface area (Å²) >= 11 is 0. The van der Waals surface area contributed by atoms with Crippen LogP contribution in [0, 0.1) is 17.3 Å². The van der Waals surface area contributed by atoms with Crippen molar-refractivity contribution >= 4 is 0 Å². The van der Waals surface area contributed by atoms with Crippen LogP contribution in [0.5, 0.6) is 0 Å². The predicted octanol–water partition coefficient (Wildman–Crippen LogP) is 4.38. The Morgan fingerprint density at radius 1 is 1.00 bits per heavy atom. The molecule has 106 valence electrons. The lowest BCUT2D eigenvalue weighted by Gasteiger charge is -2.45. The van der Waals surface area contributed by atoms with Gasteiger partial charge in [-0.1, -0.05) is 46.5 Å². The molecule has 2 fully saturated rings. The third-order valence-corrected chi connectivity index (χ3v) is 5.13. The Balaban J connectivity index is 1.82. The fraction of sp³-hybridized carbons (Fsp3) is 1.00. The molecule has 1 heterocycles. The van der Waals surface area contributed by atoms with Gasteiger partial charge in [0.05, 0.1) is 13.2 Å². The van der Waals surface area contributed by atoms with Gasteiger partial charge in [0.25, 0.3) is 0 Å². The van der Waals surface area contributed by atoms with Gasteiger partial charge in [0.2, 0.25) is 0 Å². The molecule has 2 nitrogen and oxygen atoms in total. The second kappa shape index (κ2) is 6.38. The topological polar surface area (TPSA) is 18.5 Å². The Morgan fingerprint density at radius 2 is 1.61 bits per heavy atom. The van der Waals surface area contributed by atoms with E-state index in [4.69, 9.17) is 9.47 Å². The second-order valence-electron chi connectivity index (χ2n) is 6.62. The highest BCUT2D eigenvalue weighted by Crippen LogP contribution is 2.43. The van der Waals surface area contributed by atoms with Crippen molar-refractivity contribution in [3.63, 3.8) is 0 Å². The molecule has 0 aromatic carbocycles.